The van der Waals surface area contributed by atoms with Gasteiger partial charge in [-0.3, -0.25) is 4.79 Å². The molecular weight excluding hydrogens is 316 g/mol. The number of piperidine rings is 1. The molecule has 1 amide bonds. The Morgan fingerprint density at radius 2 is 2.20 bits per heavy atom. The Labute approximate surface area is 147 Å². The monoisotopic (exact) mass is 340 g/mol. The normalized spacial score (nSPS) is 17.4. The van der Waals surface area contributed by atoms with Crippen LogP contribution in [0.15, 0.2) is 30.5 Å². The summed E-state index contributed by atoms with van der Waals surface area (Å²) in [5.74, 6) is 2.58. The van der Waals surface area contributed by atoms with E-state index in [0.29, 0.717) is 13.1 Å². The minimum Gasteiger partial charge on any atom is -0.341 e. The Hall–Kier alpha value is -2.54. The molecule has 3 rings (SSSR count). The fraction of sp³-hybridized carbons (Fsp3) is 0.444. The summed E-state index contributed by atoms with van der Waals surface area (Å²) >= 11 is 0. The molecular formula is C18H24N6O. The van der Waals surface area contributed by atoms with E-state index in [2.05, 4.69) is 25.6 Å². The number of hydrogen-bond donors (Lipinski definition) is 2. The van der Waals surface area contributed by atoms with Crippen molar-refractivity contribution in [3.8, 4) is 0 Å². The van der Waals surface area contributed by atoms with E-state index in [0.717, 1.165) is 42.5 Å². The van der Waals surface area contributed by atoms with Gasteiger partial charge in [0.05, 0.1) is 6.54 Å². The molecule has 0 radical (unpaired) electrons. The van der Waals surface area contributed by atoms with Gasteiger partial charge in [0.1, 0.15) is 17.5 Å². The average molecular weight is 340 g/mol. The predicted molar refractivity (Wildman–Crippen MR) is 96.8 cm³/mol. The van der Waals surface area contributed by atoms with Crippen LogP contribution in [0.3, 0.4) is 0 Å². The third-order valence-electron chi connectivity index (χ3n) is 4.26. The van der Waals surface area contributed by atoms with Crippen LogP contribution in [0.25, 0.3) is 0 Å². The number of carbonyl (C=O) groups excluding carboxylic acids is 1. The molecule has 7 heteroatoms. The van der Waals surface area contributed by atoms with Gasteiger partial charge in [-0.25, -0.2) is 15.0 Å². The molecule has 7 nitrogen and oxygen atoms in total. The second kappa shape index (κ2) is 8.02. The van der Waals surface area contributed by atoms with Gasteiger partial charge >= 0.3 is 0 Å². The highest BCUT2D eigenvalue weighted by Crippen LogP contribution is 2.26. The number of rotatable bonds is 5. The molecule has 1 fully saturated rings. The molecule has 2 N–H and O–H groups in total. The van der Waals surface area contributed by atoms with Gasteiger partial charge in [-0.15, -0.1) is 0 Å². The molecule has 25 heavy (non-hydrogen) atoms. The van der Waals surface area contributed by atoms with E-state index in [1.807, 2.05) is 36.1 Å². The number of aromatic nitrogens is 3. The lowest BCUT2D eigenvalue weighted by atomic mass is 9.97. The lowest BCUT2D eigenvalue weighted by Crippen LogP contribution is -2.43. The summed E-state index contributed by atoms with van der Waals surface area (Å²) in [5, 5.41) is 6.15. The third kappa shape index (κ3) is 4.51. The molecule has 3 heterocycles. The first kappa shape index (κ1) is 17.3. The Morgan fingerprint density at radius 1 is 1.32 bits per heavy atom. The Bertz CT molecular complexity index is 721. The third-order valence-corrected chi connectivity index (χ3v) is 4.26. The molecule has 0 spiro atoms. The van der Waals surface area contributed by atoms with Gasteiger partial charge in [-0.2, -0.15) is 0 Å². The number of likely N-dealkylation sites (N-methyl/N-ethyl adjacent to an activating group) is 1. The van der Waals surface area contributed by atoms with Crippen LogP contribution in [-0.4, -0.2) is 52.4 Å². The Kier molecular flexibility index (Phi) is 5.55. The van der Waals surface area contributed by atoms with Crippen LogP contribution in [-0.2, 0) is 4.79 Å². The van der Waals surface area contributed by atoms with Crippen molar-refractivity contribution in [3.63, 3.8) is 0 Å². The molecule has 0 saturated carbocycles. The van der Waals surface area contributed by atoms with Crippen LogP contribution in [0.1, 0.15) is 30.3 Å². The Morgan fingerprint density at radius 3 is 2.96 bits per heavy atom. The van der Waals surface area contributed by atoms with Crippen LogP contribution in [0.2, 0.25) is 0 Å². The maximum atomic E-state index is 12.2. The van der Waals surface area contributed by atoms with Gasteiger partial charge in [0.15, 0.2) is 0 Å². The summed E-state index contributed by atoms with van der Waals surface area (Å²) in [6.07, 6.45) is 3.71. The van der Waals surface area contributed by atoms with Gasteiger partial charge < -0.3 is 15.5 Å². The van der Waals surface area contributed by atoms with Crippen molar-refractivity contribution in [1.29, 1.82) is 0 Å². The van der Waals surface area contributed by atoms with Crippen LogP contribution in [0.4, 0.5) is 11.6 Å². The number of aryl methyl sites for hydroxylation is 1. The smallest absolute Gasteiger partial charge is 0.236 e. The van der Waals surface area contributed by atoms with Crippen LogP contribution < -0.4 is 10.6 Å². The van der Waals surface area contributed by atoms with E-state index in [-0.39, 0.29) is 11.8 Å². The first-order valence-electron chi connectivity index (χ1n) is 8.61. The van der Waals surface area contributed by atoms with Gasteiger partial charge in [0, 0.05) is 37.0 Å². The highest BCUT2D eigenvalue weighted by Gasteiger charge is 2.26. The zero-order chi connectivity index (χ0) is 17.6. The number of carbonyl (C=O) groups is 1. The van der Waals surface area contributed by atoms with E-state index >= 15 is 0 Å². The molecule has 2 aromatic heterocycles. The molecule has 132 valence electrons. The van der Waals surface area contributed by atoms with Crippen molar-refractivity contribution in [2.24, 2.45) is 0 Å². The second-order valence-corrected chi connectivity index (χ2v) is 6.30. The number of likely N-dealkylation sites (tertiary alicyclic amines) is 1. The highest BCUT2D eigenvalue weighted by atomic mass is 16.2. The summed E-state index contributed by atoms with van der Waals surface area (Å²) in [4.78, 5) is 27.6. The zero-order valence-electron chi connectivity index (χ0n) is 14.7. The molecule has 2 aromatic rings. The summed E-state index contributed by atoms with van der Waals surface area (Å²) in [6.45, 7) is 3.81. The van der Waals surface area contributed by atoms with E-state index in [1.165, 1.54) is 0 Å². The van der Waals surface area contributed by atoms with E-state index < -0.39 is 0 Å². The van der Waals surface area contributed by atoms with Gasteiger partial charge in [-0.1, -0.05) is 6.07 Å². The molecule has 0 aromatic carbocycles. The first-order valence-corrected chi connectivity index (χ1v) is 8.61. The number of amides is 1. The highest BCUT2D eigenvalue weighted by molar-refractivity contribution is 5.78. The first-order chi connectivity index (χ1) is 12.2. The molecule has 0 aliphatic carbocycles. The quantitative estimate of drug-likeness (QED) is 0.864. The maximum Gasteiger partial charge on any atom is 0.236 e. The maximum absolute atomic E-state index is 12.2. The topological polar surface area (TPSA) is 83.0 Å². The lowest BCUT2D eigenvalue weighted by molar-refractivity contribution is -0.131. The fourth-order valence-electron chi connectivity index (χ4n) is 3.08. The summed E-state index contributed by atoms with van der Waals surface area (Å²) in [6, 6.07) is 7.61. The fourth-order valence-corrected chi connectivity index (χ4v) is 3.08. The number of nitrogens with zero attached hydrogens (tertiary/aromatic N) is 4. The van der Waals surface area contributed by atoms with E-state index in [1.54, 1.807) is 13.2 Å². The Balaban J connectivity index is 1.76. The largest absolute Gasteiger partial charge is 0.341 e. The molecule has 0 unspecified atom stereocenters. The number of pyridine rings is 1. The van der Waals surface area contributed by atoms with Crippen LogP contribution in [0, 0.1) is 6.92 Å². The van der Waals surface area contributed by atoms with Gasteiger partial charge in [0.25, 0.3) is 0 Å². The zero-order valence-corrected chi connectivity index (χ0v) is 14.7. The van der Waals surface area contributed by atoms with Gasteiger partial charge in [-0.05, 0) is 38.9 Å². The van der Waals surface area contributed by atoms with Crippen molar-refractivity contribution < 1.29 is 4.79 Å². The lowest BCUT2D eigenvalue weighted by Gasteiger charge is -2.32. The van der Waals surface area contributed by atoms with Gasteiger partial charge in [0.2, 0.25) is 5.91 Å². The average Bonchev–Trinajstić information content (AvgIpc) is 2.62. The van der Waals surface area contributed by atoms with E-state index in [9.17, 15) is 4.79 Å². The number of hydrogen-bond acceptors (Lipinski definition) is 6. The molecule has 1 atom stereocenters. The molecule has 0 bridgehead atoms. The standard InChI is InChI=1S/C18H24N6O/c1-13-10-16(22-15-7-3-4-8-20-15)23-18(21-13)14-6-5-9-24(12-14)17(25)11-19-2/h3-4,7-8,10,14,19H,5-6,9,11-12H2,1-2H3,(H,20,21,22,23)/t14-/m1/s1. The number of anilines is 2. The minimum atomic E-state index is 0.131. The minimum absolute atomic E-state index is 0.131. The molecule has 1 aliphatic rings. The summed E-state index contributed by atoms with van der Waals surface area (Å²) in [7, 11) is 1.79. The summed E-state index contributed by atoms with van der Waals surface area (Å²) < 4.78 is 0. The number of nitrogens with one attached hydrogen (secondary N) is 2. The molecule has 1 aliphatic heterocycles. The second-order valence-electron chi connectivity index (χ2n) is 6.30. The van der Waals surface area contributed by atoms with E-state index in [4.69, 9.17) is 0 Å². The van der Waals surface area contributed by atoms with Crippen molar-refractivity contribution in [2.75, 3.05) is 32.0 Å². The predicted octanol–water partition coefficient (Wildman–Crippen LogP) is 1.85. The SMILES string of the molecule is CNCC(=O)N1CCC[C@@H](c2nc(C)cc(Nc3ccccn3)n2)C1. The van der Waals surface area contributed by atoms with Crippen molar-refractivity contribution in [1.82, 2.24) is 25.2 Å². The van der Waals surface area contributed by atoms with Crippen LogP contribution in [0.5, 0.6) is 0 Å². The van der Waals surface area contributed by atoms with Crippen molar-refractivity contribution >= 4 is 17.5 Å². The van der Waals surface area contributed by atoms with Crippen molar-refractivity contribution in [2.45, 2.75) is 25.7 Å². The summed E-state index contributed by atoms with van der Waals surface area (Å²) in [5.41, 5.74) is 0.905. The van der Waals surface area contributed by atoms with Crippen LogP contribution >= 0.6 is 0 Å². The molecule has 1 saturated heterocycles. The van der Waals surface area contributed by atoms with Crippen molar-refractivity contribution in [3.05, 3.63) is 42.0 Å².